The Bertz CT molecular complexity index is 956. The lowest BCUT2D eigenvalue weighted by Crippen LogP contribution is -2.43. The summed E-state index contributed by atoms with van der Waals surface area (Å²) in [4.78, 5) is 26.9. The third kappa shape index (κ3) is 5.70. The van der Waals surface area contributed by atoms with Gasteiger partial charge in [0.05, 0.1) is 12.2 Å². The number of phenolic OH excluding ortho intramolecular Hbond substituents is 1. The van der Waals surface area contributed by atoms with Crippen molar-refractivity contribution < 1.29 is 24.2 Å². The van der Waals surface area contributed by atoms with Crippen molar-refractivity contribution in [3.05, 3.63) is 48.0 Å². The van der Waals surface area contributed by atoms with E-state index in [4.69, 9.17) is 9.47 Å². The minimum atomic E-state index is -0.121. The van der Waals surface area contributed by atoms with Crippen LogP contribution in [-0.2, 0) is 16.0 Å². The van der Waals surface area contributed by atoms with Crippen LogP contribution in [0.3, 0.4) is 0 Å². The fraction of sp³-hybridized carbons (Fsp3) is 0.417. The monoisotopic (exact) mass is 439 g/mol. The Kier molecular flexibility index (Phi) is 7.11. The summed E-state index contributed by atoms with van der Waals surface area (Å²) in [5.74, 6) is 1.36. The van der Waals surface area contributed by atoms with Gasteiger partial charge < -0.3 is 25.2 Å². The van der Waals surface area contributed by atoms with Crippen molar-refractivity contribution >= 4 is 17.5 Å². The summed E-state index contributed by atoms with van der Waals surface area (Å²) in [5, 5.41) is 15.6. The van der Waals surface area contributed by atoms with Crippen molar-refractivity contribution in [2.45, 2.75) is 19.3 Å². The number of nitrogens with zero attached hydrogens (tertiary/aromatic N) is 1. The summed E-state index contributed by atoms with van der Waals surface area (Å²) in [6, 6.07) is 12.6. The Morgan fingerprint density at radius 3 is 2.56 bits per heavy atom. The van der Waals surface area contributed by atoms with Crippen LogP contribution in [0.15, 0.2) is 42.5 Å². The van der Waals surface area contributed by atoms with Crippen LogP contribution in [0.5, 0.6) is 17.2 Å². The van der Waals surface area contributed by atoms with Gasteiger partial charge in [-0.3, -0.25) is 14.5 Å². The summed E-state index contributed by atoms with van der Waals surface area (Å²) in [7, 11) is 0. The summed E-state index contributed by atoms with van der Waals surface area (Å²) >= 11 is 0. The highest BCUT2D eigenvalue weighted by Crippen LogP contribution is 2.30. The largest absolute Gasteiger partial charge is 0.506 e. The predicted molar refractivity (Wildman–Crippen MR) is 120 cm³/mol. The standard InChI is InChI=1S/C24H29N3O5/c28-20-4-2-1-3-19(20)26-24(30)18-8-11-27(12-9-18)16-23(29)25-10-7-17-5-6-21-22(15-17)32-14-13-31-21/h1-6,15,18,28H,7-14,16H2,(H,25,29)(H,26,30). The van der Waals surface area contributed by atoms with Crippen LogP contribution in [0.2, 0.25) is 0 Å². The molecule has 8 heteroatoms. The molecular weight excluding hydrogens is 410 g/mol. The van der Waals surface area contributed by atoms with Crippen molar-refractivity contribution in [2.24, 2.45) is 5.92 Å². The zero-order valence-electron chi connectivity index (χ0n) is 18.0. The number of aromatic hydroxyl groups is 1. The zero-order chi connectivity index (χ0) is 22.3. The molecule has 1 fully saturated rings. The van der Waals surface area contributed by atoms with Crippen molar-refractivity contribution in [1.29, 1.82) is 0 Å². The van der Waals surface area contributed by atoms with Gasteiger partial charge in [0.1, 0.15) is 19.0 Å². The number of nitrogens with one attached hydrogen (secondary N) is 2. The molecule has 4 rings (SSSR count). The zero-order valence-corrected chi connectivity index (χ0v) is 18.0. The number of phenols is 1. The lowest BCUT2D eigenvalue weighted by atomic mass is 9.95. The van der Waals surface area contributed by atoms with Gasteiger partial charge in [-0.25, -0.2) is 0 Å². The molecule has 2 aliphatic rings. The van der Waals surface area contributed by atoms with E-state index in [-0.39, 0.29) is 23.5 Å². The van der Waals surface area contributed by atoms with Crippen molar-refractivity contribution in [1.82, 2.24) is 10.2 Å². The number of rotatable bonds is 7. The molecule has 2 aromatic rings. The molecule has 0 saturated carbocycles. The number of hydrogen-bond donors (Lipinski definition) is 3. The smallest absolute Gasteiger partial charge is 0.234 e. The Hall–Kier alpha value is -3.26. The van der Waals surface area contributed by atoms with E-state index in [2.05, 4.69) is 15.5 Å². The third-order valence-corrected chi connectivity index (χ3v) is 5.83. The van der Waals surface area contributed by atoms with Crippen LogP contribution in [0, 0.1) is 5.92 Å². The highest BCUT2D eigenvalue weighted by molar-refractivity contribution is 5.93. The quantitative estimate of drug-likeness (QED) is 0.572. The maximum Gasteiger partial charge on any atom is 0.234 e. The van der Waals surface area contributed by atoms with E-state index < -0.39 is 0 Å². The molecule has 0 unspecified atom stereocenters. The highest BCUT2D eigenvalue weighted by Gasteiger charge is 2.26. The van der Waals surface area contributed by atoms with Crippen molar-refractivity contribution in [3.8, 4) is 17.2 Å². The first-order valence-electron chi connectivity index (χ1n) is 11.0. The van der Waals surface area contributed by atoms with Crippen molar-refractivity contribution in [3.63, 3.8) is 0 Å². The SMILES string of the molecule is O=C(CN1CCC(C(=O)Nc2ccccc2O)CC1)NCCc1ccc2c(c1)OCCO2. The molecular formula is C24H29N3O5. The number of benzene rings is 2. The maximum atomic E-state index is 12.5. The molecule has 0 atom stereocenters. The summed E-state index contributed by atoms with van der Waals surface area (Å²) in [5.41, 5.74) is 1.52. The van der Waals surface area contributed by atoms with Crippen LogP contribution in [0.1, 0.15) is 18.4 Å². The summed E-state index contributed by atoms with van der Waals surface area (Å²) in [6.45, 7) is 3.39. The number of carbonyl (C=O) groups excluding carboxylic acids is 2. The van der Waals surface area contributed by atoms with Crippen LogP contribution in [-0.4, -0.2) is 61.2 Å². The third-order valence-electron chi connectivity index (χ3n) is 5.83. The normalized spacial score (nSPS) is 16.4. The number of likely N-dealkylation sites (tertiary alicyclic amines) is 1. The average Bonchev–Trinajstić information content (AvgIpc) is 2.81. The maximum absolute atomic E-state index is 12.5. The fourth-order valence-corrected chi connectivity index (χ4v) is 4.02. The van der Waals surface area contributed by atoms with Gasteiger partial charge in [-0.05, 0) is 62.2 Å². The molecule has 0 aliphatic carbocycles. The van der Waals surface area contributed by atoms with Crippen molar-refractivity contribution in [2.75, 3.05) is 44.7 Å². The number of amides is 2. The van der Waals surface area contributed by atoms with Gasteiger partial charge in [-0.2, -0.15) is 0 Å². The molecule has 2 aliphatic heterocycles. The Morgan fingerprint density at radius 1 is 1.03 bits per heavy atom. The first-order valence-corrected chi connectivity index (χ1v) is 11.0. The van der Waals surface area contributed by atoms with Gasteiger partial charge in [0.2, 0.25) is 11.8 Å². The van der Waals surface area contributed by atoms with Gasteiger partial charge in [0.25, 0.3) is 0 Å². The first-order chi connectivity index (χ1) is 15.6. The van der Waals surface area contributed by atoms with E-state index in [9.17, 15) is 14.7 Å². The van der Waals surface area contributed by atoms with E-state index >= 15 is 0 Å². The van der Waals surface area contributed by atoms with E-state index in [0.29, 0.717) is 57.9 Å². The molecule has 170 valence electrons. The first kappa shape index (κ1) is 22.0. The molecule has 8 nitrogen and oxygen atoms in total. The van der Waals surface area contributed by atoms with Crippen LogP contribution in [0.25, 0.3) is 0 Å². The van der Waals surface area contributed by atoms with E-state index in [1.165, 1.54) is 0 Å². The number of hydrogen-bond acceptors (Lipinski definition) is 6. The Balaban J connectivity index is 1.15. The molecule has 2 heterocycles. The number of anilines is 1. The summed E-state index contributed by atoms with van der Waals surface area (Å²) < 4.78 is 11.1. The predicted octanol–water partition coefficient (Wildman–Crippen LogP) is 2.17. The van der Waals surface area contributed by atoms with Gasteiger partial charge in [0.15, 0.2) is 11.5 Å². The lowest BCUT2D eigenvalue weighted by Gasteiger charge is -2.30. The van der Waals surface area contributed by atoms with Crippen LogP contribution in [0.4, 0.5) is 5.69 Å². The van der Waals surface area contributed by atoms with Crippen LogP contribution >= 0.6 is 0 Å². The molecule has 0 radical (unpaired) electrons. The number of ether oxygens (including phenoxy) is 2. The number of carbonyl (C=O) groups is 2. The molecule has 0 bridgehead atoms. The summed E-state index contributed by atoms with van der Waals surface area (Å²) in [6.07, 6.45) is 2.09. The van der Waals surface area contributed by atoms with E-state index in [0.717, 1.165) is 23.5 Å². The molecule has 3 N–H and O–H groups in total. The second-order valence-electron chi connectivity index (χ2n) is 8.13. The minimum absolute atomic E-state index is 0.0142. The van der Waals surface area contributed by atoms with Gasteiger partial charge in [-0.1, -0.05) is 18.2 Å². The average molecular weight is 440 g/mol. The number of fused-ring (bicyclic) bond motifs is 1. The second kappa shape index (κ2) is 10.4. The van der Waals surface area contributed by atoms with Gasteiger partial charge in [-0.15, -0.1) is 0 Å². The Labute approximate surface area is 187 Å². The number of piperidine rings is 1. The topological polar surface area (TPSA) is 100 Å². The van der Waals surface area contributed by atoms with Gasteiger partial charge in [0, 0.05) is 12.5 Å². The number of para-hydroxylation sites is 2. The lowest BCUT2D eigenvalue weighted by molar-refractivity contribution is -0.123. The highest BCUT2D eigenvalue weighted by atomic mass is 16.6. The van der Waals surface area contributed by atoms with Gasteiger partial charge >= 0.3 is 0 Å². The molecule has 1 saturated heterocycles. The molecule has 2 amide bonds. The molecule has 0 spiro atoms. The molecule has 0 aromatic heterocycles. The Morgan fingerprint density at radius 2 is 1.78 bits per heavy atom. The van der Waals surface area contributed by atoms with Crippen LogP contribution < -0.4 is 20.1 Å². The second-order valence-corrected chi connectivity index (χ2v) is 8.13. The van der Waals surface area contributed by atoms with E-state index in [1.807, 2.05) is 18.2 Å². The fourth-order valence-electron chi connectivity index (χ4n) is 4.02. The molecule has 32 heavy (non-hydrogen) atoms. The van der Waals surface area contributed by atoms with E-state index in [1.54, 1.807) is 24.3 Å². The minimum Gasteiger partial charge on any atom is -0.506 e. The molecule has 2 aromatic carbocycles.